The predicted octanol–water partition coefficient (Wildman–Crippen LogP) is 11.0. The highest BCUT2D eigenvalue weighted by molar-refractivity contribution is 5.95. The van der Waals surface area contributed by atoms with Crippen LogP contribution in [-0.2, 0) is 24.9 Å². The number of rotatable bonds is 5. The standard InChI is InChI=1S/C47H36N2/c1-48(30-32-14-12-18-36(28-32)49-44-26-10-2-15-33(44)29-34-16-3-11-27-45(34)49)31-35-17-13-22-40-39-21-6-9-25-43(39)47(46(35)40)41-23-7-4-19-37(41)38-20-5-8-24-42(38)47/h2-28H,29-31H2,1H3. The van der Waals surface area contributed by atoms with E-state index in [0.717, 1.165) is 19.5 Å². The highest BCUT2D eigenvalue weighted by atomic mass is 15.2. The summed E-state index contributed by atoms with van der Waals surface area (Å²) >= 11 is 0. The lowest BCUT2D eigenvalue weighted by Crippen LogP contribution is -2.28. The molecule has 49 heavy (non-hydrogen) atoms. The maximum absolute atomic E-state index is 2.48. The highest BCUT2D eigenvalue weighted by Gasteiger charge is 2.52. The van der Waals surface area contributed by atoms with Crippen LogP contribution in [0.5, 0.6) is 0 Å². The smallest absolute Gasteiger partial charge is 0.0728 e. The zero-order chi connectivity index (χ0) is 32.5. The summed E-state index contributed by atoms with van der Waals surface area (Å²) in [4.78, 5) is 4.92. The van der Waals surface area contributed by atoms with Gasteiger partial charge in [0, 0.05) is 36.6 Å². The Morgan fingerprint density at radius 2 is 1.02 bits per heavy atom. The summed E-state index contributed by atoms with van der Waals surface area (Å²) < 4.78 is 0. The summed E-state index contributed by atoms with van der Waals surface area (Å²) in [5.41, 5.74) is 19.9. The summed E-state index contributed by atoms with van der Waals surface area (Å²) in [6, 6.07) is 61.0. The topological polar surface area (TPSA) is 6.48 Å². The zero-order valence-electron chi connectivity index (χ0n) is 27.6. The van der Waals surface area contributed by atoms with E-state index in [1.807, 2.05) is 0 Å². The Morgan fingerprint density at radius 1 is 0.510 bits per heavy atom. The van der Waals surface area contributed by atoms with Crippen LogP contribution in [0.2, 0.25) is 0 Å². The fourth-order valence-electron chi connectivity index (χ4n) is 9.20. The SMILES string of the molecule is CN(Cc1cccc(N2c3ccccc3Cc3ccccc32)c1)Cc1cccc2c1C1(c3ccccc3-c3ccccc31)c1ccccc1-2. The van der Waals surface area contributed by atoms with Gasteiger partial charge in [-0.15, -0.1) is 0 Å². The summed E-state index contributed by atoms with van der Waals surface area (Å²) in [6.07, 6.45) is 0.965. The van der Waals surface area contributed by atoms with Crippen LogP contribution in [0, 0.1) is 0 Å². The van der Waals surface area contributed by atoms with E-state index in [2.05, 4.69) is 181 Å². The third-order valence-electron chi connectivity index (χ3n) is 11.0. The lowest BCUT2D eigenvalue weighted by Gasteiger charge is -2.34. The molecule has 2 heteroatoms. The van der Waals surface area contributed by atoms with E-state index in [1.54, 1.807) is 0 Å². The number of fused-ring (bicyclic) bond motifs is 12. The van der Waals surface area contributed by atoms with Gasteiger partial charge in [0.05, 0.1) is 5.41 Å². The van der Waals surface area contributed by atoms with E-state index in [0.29, 0.717) is 0 Å². The maximum atomic E-state index is 2.48. The maximum Gasteiger partial charge on any atom is 0.0728 e. The molecule has 2 aliphatic carbocycles. The number of hydrogen-bond acceptors (Lipinski definition) is 2. The third kappa shape index (κ3) is 4.11. The number of para-hydroxylation sites is 2. The number of nitrogens with zero attached hydrogens (tertiary/aromatic N) is 2. The van der Waals surface area contributed by atoms with Crippen LogP contribution in [0.3, 0.4) is 0 Å². The molecular formula is C47H36N2. The minimum absolute atomic E-state index is 0.328. The van der Waals surface area contributed by atoms with Gasteiger partial charge in [0.2, 0.25) is 0 Å². The lowest BCUT2D eigenvalue weighted by molar-refractivity contribution is 0.317. The second-order valence-electron chi connectivity index (χ2n) is 13.8. The molecule has 0 atom stereocenters. The number of hydrogen-bond donors (Lipinski definition) is 0. The van der Waals surface area contributed by atoms with Crippen LogP contribution in [0.25, 0.3) is 22.3 Å². The molecule has 0 fully saturated rings. The Hall–Kier alpha value is -5.70. The fraction of sp³-hybridized carbons (Fsp3) is 0.106. The molecular weight excluding hydrogens is 593 g/mol. The van der Waals surface area contributed by atoms with Gasteiger partial charge < -0.3 is 4.90 Å². The molecule has 0 unspecified atom stereocenters. The Kier molecular flexibility index (Phi) is 6.31. The van der Waals surface area contributed by atoms with Gasteiger partial charge in [-0.05, 0) is 98.1 Å². The molecule has 0 amide bonds. The first-order valence-electron chi connectivity index (χ1n) is 17.4. The Bertz CT molecular complexity index is 2310. The van der Waals surface area contributed by atoms with Crippen molar-refractivity contribution in [1.29, 1.82) is 0 Å². The Morgan fingerprint density at radius 3 is 1.65 bits per heavy atom. The average molecular weight is 629 g/mol. The van der Waals surface area contributed by atoms with E-state index in [4.69, 9.17) is 0 Å². The lowest BCUT2D eigenvalue weighted by atomic mass is 9.69. The normalized spacial score (nSPS) is 14.2. The van der Waals surface area contributed by atoms with E-state index in [9.17, 15) is 0 Å². The summed E-state index contributed by atoms with van der Waals surface area (Å²) in [5, 5.41) is 0. The van der Waals surface area contributed by atoms with Crippen molar-refractivity contribution < 1.29 is 0 Å². The summed E-state index contributed by atoms with van der Waals surface area (Å²) in [5.74, 6) is 0. The van der Waals surface area contributed by atoms with Crippen molar-refractivity contribution in [2.45, 2.75) is 24.9 Å². The van der Waals surface area contributed by atoms with Gasteiger partial charge in [0.1, 0.15) is 0 Å². The van der Waals surface area contributed by atoms with E-state index < -0.39 is 0 Å². The minimum Gasteiger partial charge on any atom is -0.310 e. The molecule has 0 saturated carbocycles. The minimum atomic E-state index is -0.328. The number of anilines is 3. The molecule has 0 N–H and O–H groups in total. The first kappa shape index (κ1) is 28.3. The van der Waals surface area contributed by atoms with Crippen molar-refractivity contribution in [3.63, 3.8) is 0 Å². The van der Waals surface area contributed by atoms with Crippen molar-refractivity contribution in [2.75, 3.05) is 11.9 Å². The van der Waals surface area contributed by atoms with Gasteiger partial charge >= 0.3 is 0 Å². The molecule has 1 heterocycles. The van der Waals surface area contributed by atoms with Crippen LogP contribution in [-0.4, -0.2) is 11.9 Å². The monoisotopic (exact) mass is 628 g/mol. The van der Waals surface area contributed by atoms with Gasteiger partial charge in [0.25, 0.3) is 0 Å². The molecule has 1 spiro atoms. The quantitative estimate of drug-likeness (QED) is 0.187. The van der Waals surface area contributed by atoms with Gasteiger partial charge in [-0.2, -0.15) is 0 Å². The number of benzene rings is 7. The molecule has 10 rings (SSSR count). The molecule has 3 aliphatic rings. The predicted molar refractivity (Wildman–Crippen MR) is 202 cm³/mol. The van der Waals surface area contributed by atoms with Crippen molar-refractivity contribution in [3.8, 4) is 22.3 Å². The first-order valence-corrected chi connectivity index (χ1v) is 17.4. The van der Waals surface area contributed by atoms with Crippen molar-refractivity contribution in [1.82, 2.24) is 4.90 Å². The zero-order valence-corrected chi connectivity index (χ0v) is 27.6. The van der Waals surface area contributed by atoms with Crippen LogP contribution in [0.15, 0.2) is 164 Å². The summed E-state index contributed by atoms with van der Waals surface area (Å²) in [7, 11) is 2.27. The van der Waals surface area contributed by atoms with E-state index >= 15 is 0 Å². The van der Waals surface area contributed by atoms with E-state index in [-0.39, 0.29) is 5.41 Å². The van der Waals surface area contributed by atoms with Crippen LogP contribution >= 0.6 is 0 Å². The van der Waals surface area contributed by atoms with Crippen molar-refractivity contribution in [2.24, 2.45) is 0 Å². The van der Waals surface area contributed by atoms with Gasteiger partial charge in [-0.1, -0.05) is 140 Å². The highest BCUT2D eigenvalue weighted by Crippen LogP contribution is 2.63. The second kappa shape index (κ2) is 10.9. The second-order valence-corrected chi connectivity index (χ2v) is 13.8. The molecule has 0 radical (unpaired) electrons. The van der Waals surface area contributed by atoms with Gasteiger partial charge in [-0.3, -0.25) is 4.90 Å². The van der Waals surface area contributed by atoms with Crippen molar-refractivity contribution >= 4 is 17.1 Å². The molecule has 0 saturated heterocycles. The molecule has 0 aromatic heterocycles. The van der Waals surface area contributed by atoms with Gasteiger partial charge in [-0.25, -0.2) is 0 Å². The molecule has 7 aromatic carbocycles. The first-order chi connectivity index (χ1) is 24.2. The Labute approximate surface area is 288 Å². The van der Waals surface area contributed by atoms with Gasteiger partial charge in [0.15, 0.2) is 0 Å². The molecule has 234 valence electrons. The molecule has 1 aliphatic heterocycles. The fourth-order valence-corrected chi connectivity index (χ4v) is 9.20. The Balaban J connectivity index is 1.04. The molecule has 2 nitrogen and oxygen atoms in total. The summed E-state index contributed by atoms with van der Waals surface area (Å²) in [6.45, 7) is 1.70. The largest absolute Gasteiger partial charge is 0.310 e. The van der Waals surface area contributed by atoms with Crippen LogP contribution < -0.4 is 4.90 Å². The van der Waals surface area contributed by atoms with E-state index in [1.165, 1.54) is 83.8 Å². The van der Waals surface area contributed by atoms with Crippen LogP contribution in [0.4, 0.5) is 17.1 Å². The molecule has 0 bridgehead atoms. The van der Waals surface area contributed by atoms with Crippen LogP contribution in [0.1, 0.15) is 44.5 Å². The molecule has 7 aromatic rings. The average Bonchev–Trinajstić information content (AvgIpc) is 3.62. The third-order valence-corrected chi connectivity index (χ3v) is 11.0. The van der Waals surface area contributed by atoms with Crippen molar-refractivity contribution in [3.05, 3.63) is 208 Å².